The minimum absolute atomic E-state index is 0.634. The van der Waals surface area contributed by atoms with Crippen molar-refractivity contribution < 1.29 is 4.42 Å². The van der Waals surface area contributed by atoms with Gasteiger partial charge in [0, 0.05) is 32.8 Å². The number of nitrogens with zero attached hydrogens (tertiary/aromatic N) is 3. The topological polar surface area (TPSA) is 51.8 Å². The van der Waals surface area contributed by atoms with Crippen LogP contribution < -0.4 is 0 Å². The monoisotopic (exact) mass is 651 g/mol. The summed E-state index contributed by atoms with van der Waals surface area (Å²) in [5.74, 6) is 1.93. The molecule has 4 nitrogen and oxygen atoms in total. The van der Waals surface area contributed by atoms with Crippen molar-refractivity contribution in [3.63, 3.8) is 0 Å². The second-order valence-electron chi connectivity index (χ2n) is 12.8. The van der Waals surface area contributed by atoms with Crippen LogP contribution in [0.1, 0.15) is 0 Å². The van der Waals surface area contributed by atoms with E-state index in [2.05, 4.69) is 115 Å². The van der Waals surface area contributed by atoms with Crippen LogP contribution in [0.4, 0.5) is 0 Å². The molecular weight excluding hydrogens is 623 g/mol. The highest BCUT2D eigenvalue weighted by Gasteiger charge is 2.19. The largest absolute Gasteiger partial charge is 0.455 e. The van der Waals surface area contributed by atoms with E-state index < -0.39 is 0 Å². The van der Waals surface area contributed by atoms with Crippen molar-refractivity contribution in [2.75, 3.05) is 0 Å². The Bertz CT molecular complexity index is 2830. The van der Waals surface area contributed by atoms with Crippen molar-refractivity contribution in [3.05, 3.63) is 176 Å². The number of rotatable bonds is 5. The third kappa shape index (κ3) is 4.96. The van der Waals surface area contributed by atoms with Gasteiger partial charge >= 0.3 is 0 Å². The van der Waals surface area contributed by atoms with Gasteiger partial charge in [0.1, 0.15) is 11.2 Å². The molecule has 0 aliphatic rings. The molecule has 238 valence electrons. The molecular formula is C47H29N3O. The van der Waals surface area contributed by atoms with Gasteiger partial charge in [-0.05, 0) is 50.5 Å². The zero-order chi connectivity index (χ0) is 33.7. The van der Waals surface area contributed by atoms with Crippen molar-refractivity contribution in [1.29, 1.82) is 0 Å². The highest BCUT2D eigenvalue weighted by Crippen LogP contribution is 2.44. The van der Waals surface area contributed by atoms with E-state index in [1.54, 1.807) is 0 Å². The standard InChI is InChI=1S/C47H29N3O/c1-3-14-32(15-4-1)45-48-46(33-16-5-2-6-17-33)50-47(49-45)34-27-25-31(26-28-34)40-29-41-43-38(36-22-11-18-30-13-7-8-19-35(30)36)23-12-24-42(43)51-44(41)39-21-10-9-20-37(39)40/h1-29H. The molecule has 8 aromatic carbocycles. The molecule has 0 N–H and O–H groups in total. The molecule has 2 aromatic heterocycles. The first kappa shape index (κ1) is 29.0. The summed E-state index contributed by atoms with van der Waals surface area (Å²) in [5.41, 5.74) is 9.22. The molecule has 10 rings (SSSR count). The molecule has 2 heterocycles. The zero-order valence-electron chi connectivity index (χ0n) is 27.5. The normalized spacial score (nSPS) is 11.5. The van der Waals surface area contributed by atoms with Crippen molar-refractivity contribution >= 4 is 43.5 Å². The van der Waals surface area contributed by atoms with Gasteiger partial charge in [0.15, 0.2) is 17.5 Å². The Hall–Kier alpha value is -6.91. The van der Waals surface area contributed by atoms with E-state index in [-0.39, 0.29) is 0 Å². The van der Waals surface area contributed by atoms with Crippen LogP contribution in [0.5, 0.6) is 0 Å². The van der Waals surface area contributed by atoms with E-state index in [4.69, 9.17) is 19.4 Å². The average Bonchev–Trinajstić information content (AvgIpc) is 3.60. The Morgan fingerprint density at radius 2 is 0.843 bits per heavy atom. The second kappa shape index (κ2) is 11.9. The third-order valence-corrected chi connectivity index (χ3v) is 9.74. The van der Waals surface area contributed by atoms with Gasteiger partial charge in [-0.1, -0.05) is 164 Å². The molecule has 0 spiro atoms. The van der Waals surface area contributed by atoms with Gasteiger partial charge < -0.3 is 4.42 Å². The van der Waals surface area contributed by atoms with Crippen LogP contribution in [0.25, 0.3) is 99.9 Å². The van der Waals surface area contributed by atoms with Crippen LogP contribution in [0, 0.1) is 0 Å². The van der Waals surface area contributed by atoms with Gasteiger partial charge in [-0.3, -0.25) is 0 Å². The van der Waals surface area contributed by atoms with E-state index >= 15 is 0 Å². The van der Waals surface area contributed by atoms with Crippen LogP contribution in [-0.4, -0.2) is 15.0 Å². The van der Waals surface area contributed by atoms with Gasteiger partial charge in [-0.25, -0.2) is 15.0 Å². The summed E-state index contributed by atoms with van der Waals surface area (Å²) in [4.78, 5) is 14.8. The van der Waals surface area contributed by atoms with E-state index in [9.17, 15) is 0 Å². The second-order valence-corrected chi connectivity index (χ2v) is 12.8. The summed E-state index contributed by atoms with van der Waals surface area (Å²) in [7, 11) is 0. The Labute approximate surface area is 294 Å². The number of benzene rings is 8. The molecule has 0 unspecified atom stereocenters. The van der Waals surface area contributed by atoms with E-state index in [1.165, 1.54) is 16.3 Å². The SMILES string of the molecule is c1ccc(-c2nc(-c3ccccc3)nc(-c3ccc(-c4cc5c(oc6cccc(-c7cccc8ccccc78)c65)c5ccccc45)cc3)n2)cc1. The van der Waals surface area contributed by atoms with Crippen molar-refractivity contribution in [1.82, 2.24) is 15.0 Å². The zero-order valence-corrected chi connectivity index (χ0v) is 27.5. The fourth-order valence-electron chi connectivity index (χ4n) is 7.31. The smallest absolute Gasteiger partial charge is 0.164 e. The molecule has 0 amide bonds. The first-order chi connectivity index (χ1) is 25.3. The highest BCUT2D eigenvalue weighted by molar-refractivity contribution is 6.23. The molecule has 0 aliphatic heterocycles. The summed E-state index contributed by atoms with van der Waals surface area (Å²) < 4.78 is 6.68. The van der Waals surface area contributed by atoms with E-state index in [0.29, 0.717) is 17.5 Å². The lowest BCUT2D eigenvalue weighted by Gasteiger charge is -2.11. The minimum Gasteiger partial charge on any atom is -0.455 e. The van der Waals surface area contributed by atoms with Crippen molar-refractivity contribution in [2.24, 2.45) is 0 Å². The number of hydrogen-bond donors (Lipinski definition) is 0. The third-order valence-electron chi connectivity index (χ3n) is 9.74. The average molecular weight is 652 g/mol. The Morgan fingerprint density at radius 1 is 0.333 bits per heavy atom. The van der Waals surface area contributed by atoms with Gasteiger partial charge in [0.05, 0.1) is 0 Å². The summed E-state index contributed by atoms with van der Waals surface area (Å²) in [6, 6.07) is 61.0. The predicted octanol–water partition coefficient (Wildman–Crippen LogP) is 12.4. The van der Waals surface area contributed by atoms with Gasteiger partial charge in [-0.2, -0.15) is 0 Å². The first-order valence-corrected chi connectivity index (χ1v) is 17.1. The molecule has 0 atom stereocenters. The van der Waals surface area contributed by atoms with Gasteiger partial charge in [-0.15, -0.1) is 0 Å². The Kier molecular flexibility index (Phi) is 6.78. The molecule has 0 saturated carbocycles. The fraction of sp³-hybridized carbons (Fsp3) is 0. The quantitative estimate of drug-likeness (QED) is 0.186. The molecule has 10 aromatic rings. The summed E-state index contributed by atoms with van der Waals surface area (Å²) in [6.07, 6.45) is 0. The molecule has 0 radical (unpaired) electrons. The maximum Gasteiger partial charge on any atom is 0.164 e. The Morgan fingerprint density at radius 3 is 1.53 bits per heavy atom. The van der Waals surface area contributed by atoms with Crippen LogP contribution in [-0.2, 0) is 0 Å². The molecule has 0 aliphatic carbocycles. The number of furan rings is 1. The fourth-order valence-corrected chi connectivity index (χ4v) is 7.31. The predicted molar refractivity (Wildman–Crippen MR) is 209 cm³/mol. The highest BCUT2D eigenvalue weighted by atomic mass is 16.3. The van der Waals surface area contributed by atoms with Crippen LogP contribution in [0.3, 0.4) is 0 Å². The number of aromatic nitrogens is 3. The Balaban J connectivity index is 1.14. The molecule has 0 bridgehead atoms. The van der Waals surface area contributed by atoms with Crippen LogP contribution in [0.15, 0.2) is 180 Å². The maximum absolute atomic E-state index is 6.68. The number of hydrogen-bond acceptors (Lipinski definition) is 4. The summed E-state index contributed by atoms with van der Waals surface area (Å²) >= 11 is 0. The summed E-state index contributed by atoms with van der Waals surface area (Å²) in [6.45, 7) is 0. The van der Waals surface area contributed by atoms with Crippen molar-refractivity contribution in [3.8, 4) is 56.4 Å². The molecule has 0 fully saturated rings. The molecule has 51 heavy (non-hydrogen) atoms. The lowest BCUT2D eigenvalue weighted by Crippen LogP contribution is -2.00. The lowest BCUT2D eigenvalue weighted by atomic mass is 9.91. The van der Waals surface area contributed by atoms with Crippen molar-refractivity contribution in [2.45, 2.75) is 0 Å². The molecule has 0 saturated heterocycles. The van der Waals surface area contributed by atoms with Gasteiger partial charge in [0.2, 0.25) is 0 Å². The van der Waals surface area contributed by atoms with Crippen LogP contribution in [0.2, 0.25) is 0 Å². The first-order valence-electron chi connectivity index (χ1n) is 17.1. The van der Waals surface area contributed by atoms with E-state index in [1.807, 2.05) is 60.7 Å². The van der Waals surface area contributed by atoms with E-state index in [0.717, 1.165) is 66.1 Å². The number of fused-ring (bicyclic) bond motifs is 6. The molecule has 4 heteroatoms. The summed E-state index contributed by atoms with van der Waals surface area (Å²) in [5, 5.41) is 6.90. The van der Waals surface area contributed by atoms with Gasteiger partial charge in [0.25, 0.3) is 0 Å². The maximum atomic E-state index is 6.68. The van der Waals surface area contributed by atoms with Crippen LogP contribution >= 0.6 is 0 Å². The lowest BCUT2D eigenvalue weighted by molar-refractivity contribution is 0.673. The minimum atomic E-state index is 0.634.